The fourth-order valence-corrected chi connectivity index (χ4v) is 5.21. The molecule has 0 radical (unpaired) electrons. The van der Waals surface area contributed by atoms with Crippen LogP contribution >= 0.6 is 31.9 Å². The Morgan fingerprint density at radius 3 is 2.08 bits per heavy atom. The molecule has 1 aromatic carbocycles. The SMILES string of the molecule is CCCN(Cc1cc(Br)c(O)c(Br)c1)C1CCC(C(C)(C)C)CC1. The highest BCUT2D eigenvalue weighted by Crippen LogP contribution is 2.40. The first-order valence-electron chi connectivity index (χ1n) is 9.13. The molecule has 0 aliphatic heterocycles. The lowest BCUT2D eigenvalue weighted by atomic mass is 9.71. The van der Waals surface area contributed by atoms with Crippen LogP contribution in [-0.4, -0.2) is 22.6 Å². The molecule has 1 aromatic rings. The number of rotatable bonds is 5. The van der Waals surface area contributed by atoms with E-state index in [-0.39, 0.29) is 5.75 Å². The third-order valence-corrected chi connectivity index (χ3v) is 6.62. The third kappa shape index (κ3) is 5.22. The van der Waals surface area contributed by atoms with Crippen LogP contribution < -0.4 is 0 Å². The van der Waals surface area contributed by atoms with Crippen LogP contribution in [0, 0.1) is 11.3 Å². The summed E-state index contributed by atoms with van der Waals surface area (Å²) in [7, 11) is 0. The van der Waals surface area contributed by atoms with Gasteiger partial charge in [0.15, 0.2) is 0 Å². The number of hydrogen-bond donors (Lipinski definition) is 1. The summed E-state index contributed by atoms with van der Waals surface area (Å²) in [6, 6.07) is 4.78. The van der Waals surface area contributed by atoms with Crippen molar-refractivity contribution in [3.63, 3.8) is 0 Å². The van der Waals surface area contributed by atoms with E-state index in [0.29, 0.717) is 11.5 Å². The summed E-state index contributed by atoms with van der Waals surface area (Å²) in [4.78, 5) is 2.64. The van der Waals surface area contributed by atoms with Gasteiger partial charge in [0.2, 0.25) is 0 Å². The zero-order valence-corrected chi connectivity index (χ0v) is 18.6. The first-order valence-corrected chi connectivity index (χ1v) is 10.7. The minimum Gasteiger partial charge on any atom is -0.506 e. The van der Waals surface area contributed by atoms with Crippen molar-refractivity contribution in [2.75, 3.05) is 6.54 Å². The first-order chi connectivity index (χ1) is 11.2. The van der Waals surface area contributed by atoms with Crippen molar-refractivity contribution < 1.29 is 5.11 Å². The molecule has 1 aliphatic carbocycles. The van der Waals surface area contributed by atoms with Crippen LogP contribution in [-0.2, 0) is 6.54 Å². The molecular formula is C20H31Br2NO. The molecular weight excluding hydrogens is 430 g/mol. The van der Waals surface area contributed by atoms with E-state index in [4.69, 9.17) is 0 Å². The highest BCUT2D eigenvalue weighted by Gasteiger charge is 2.31. The molecule has 0 atom stereocenters. The zero-order chi connectivity index (χ0) is 17.9. The van der Waals surface area contributed by atoms with Gasteiger partial charge in [-0.2, -0.15) is 0 Å². The topological polar surface area (TPSA) is 23.5 Å². The molecule has 2 nitrogen and oxygen atoms in total. The number of nitrogens with zero attached hydrogens (tertiary/aromatic N) is 1. The average Bonchev–Trinajstić information content (AvgIpc) is 2.51. The number of benzene rings is 1. The van der Waals surface area contributed by atoms with Crippen molar-refractivity contribution in [3.8, 4) is 5.75 Å². The molecule has 24 heavy (non-hydrogen) atoms. The molecule has 0 spiro atoms. The Morgan fingerprint density at radius 1 is 1.08 bits per heavy atom. The van der Waals surface area contributed by atoms with E-state index in [0.717, 1.165) is 28.0 Å². The smallest absolute Gasteiger partial charge is 0.143 e. The van der Waals surface area contributed by atoms with E-state index in [2.05, 4.69) is 64.5 Å². The van der Waals surface area contributed by atoms with Gasteiger partial charge in [-0.05, 0) is 99.5 Å². The van der Waals surface area contributed by atoms with Crippen LogP contribution in [0.3, 0.4) is 0 Å². The summed E-state index contributed by atoms with van der Waals surface area (Å²) in [6.45, 7) is 11.5. The second-order valence-electron chi connectivity index (χ2n) is 8.25. The predicted octanol–water partition coefficient (Wildman–Crippen LogP) is 6.73. The lowest BCUT2D eigenvalue weighted by Crippen LogP contribution is -2.40. The molecule has 0 bridgehead atoms. The molecule has 0 amide bonds. The lowest BCUT2D eigenvalue weighted by Gasteiger charge is -2.41. The summed E-state index contributed by atoms with van der Waals surface area (Å²) in [5.41, 5.74) is 1.69. The Bertz CT molecular complexity index is 522. The quantitative estimate of drug-likeness (QED) is 0.526. The number of phenols is 1. The third-order valence-electron chi connectivity index (χ3n) is 5.41. The van der Waals surface area contributed by atoms with Crippen molar-refractivity contribution >= 4 is 31.9 Å². The number of aromatic hydroxyl groups is 1. The summed E-state index contributed by atoms with van der Waals surface area (Å²) in [6.07, 6.45) is 6.49. The maximum Gasteiger partial charge on any atom is 0.143 e. The Morgan fingerprint density at radius 2 is 1.62 bits per heavy atom. The fraction of sp³-hybridized carbons (Fsp3) is 0.700. The van der Waals surface area contributed by atoms with E-state index >= 15 is 0 Å². The van der Waals surface area contributed by atoms with Gasteiger partial charge in [-0.15, -0.1) is 0 Å². The van der Waals surface area contributed by atoms with Crippen LogP contribution in [0.15, 0.2) is 21.1 Å². The molecule has 1 fully saturated rings. The normalized spacial score (nSPS) is 22.1. The molecule has 136 valence electrons. The number of phenolic OH excluding ortho intramolecular Hbond substituents is 1. The monoisotopic (exact) mass is 459 g/mol. The van der Waals surface area contributed by atoms with Gasteiger partial charge in [-0.25, -0.2) is 0 Å². The van der Waals surface area contributed by atoms with Crippen LogP contribution in [0.25, 0.3) is 0 Å². The van der Waals surface area contributed by atoms with E-state index in [1.54, 1.807) is 0 Å². The summed E-state index contributed by atoms with van der Waals surface area (Å²) in [5, 5.41) is 9.91. The maximum atomic E-state index is 9.91. The minimum absolute atomic E-state index is 0.284. The van der Waals surface area contributed by atoms with Crippen LogP contribution in [0.5, 0.6) is 5.75 Å². The number of hydrogen-bond acceptors (Lipinski definition) is 2. The second kappa shape index (κ2) is 8.55. The van der Waals surface area contributed by atoms with Gasteiger partial charge < -0.3 is 5.11 Å². The first kappa shape index (κ1) is 20.3. The van der Waals surface area contributed by atoms with Crippen LogP contribution in [0.1, 0.15) is 65.4 Å². The van der Waals surface area contributed by atoms with E-state index in [1.807, 2.05) is 12.1 Å². The Labute approximate surface area is 164 Å². The van der Waals surface area contributed by atoms with Crippen molar-refractivity contribution in [1.82, 2.24) is 4.90 Å². The molecule has 2 rings (SSSR count). The number of halogens is 2. The molecule has 0 aromatic heterocycles. The van der Waals surface area contributed by atoms with Crippen molar-refractivity contribution in [1.29, 1.82) is 0 Å². The Hall–Kier alpha value is -0.0600. The second-order valence-corrected chi connectivity index (χ2v) is 9.96. The molecule has 0 saturated heterocycles. The highest BCUT2D eigenvalue weighted by atomic mass is 79.9. The Balaban J connectivity index is 2.05. The largest absolute Gasteiger partial charge is 0.506 e. The summed E-state index contributed by atoms with van der Waals surface area (Å²) < 4.78 is 1.53. The van der Waals surface area contributed by atoms with Gasteiger partial charge in [0.05, 0.1) is 8.95 Å². The Kier molecular flexibility index (Phi) is 7.21. The van der Waals surface area contributed by atoms with Gasteiger partial charge in [-0.1, -0.05) is 27.7 Å². The van der Waals surface area contributed by atoms with Gasteiger partial charge in [0.1, 0.15) is 5.75 Å². The maximum absolute atomic E-state index is 9.91. The van der Waals surface area contributed by atoms with Crippen LogP contribution in [0.4, 0.5) is 0 Å². The van der Waals surface area contributed by atoms with Gasteiger partial charge in [0, 0.05) is 12.6 Å². The van der Waals surface area contributed by atoms with Crippen molar-refractivity contribution in [3.05, 3.63) is 26.6 Å². The highest BCUT2D eigenvalue weighted by molar-refractivity contribution is 9.11. The molecule has 1 saturated carbocycles. The fourth-order valence-electron chi connectivity index (χ4n) is 3.93. The zero-order valence-electron chi connectivity index (χ0n) is 15.4. The van der Waals surface area contributed by atoms with E-state index < -0.39 is 0 Å². The lowest BCUT2D eigenvalue weighted by molar-refractivity contribution is 0.0907. The standard InChI is InChI=1S/C20H31Br2NO/c1-5-10-23(13-14-11-17(21)19(24)18(22)12-14)16-8-6-15(7-9-16)20(2,3)4/h11-12,15-16,24H,5-10,13H2,1-4H3. The predicted molar refractivity (Wildman–Crippen MR) is 109 cm³/mol. The summed E-state index contributed by atoms with van der Waals surface area (Å²) in [5.74, 6) is 1.14. The molecule has 1 N–H and O–H groups in total. The van der Waals surface area contributed by atoms with Gasteiger partial charge in [-0.3, -0.25) is 4.90 Å². The molecule has 1 aliphatic rings. The van der Waals surface area contributed by atoms with E-state index in [9.17, 15) is 5.11 Å². The molecule has 0 unspecified atom stereocenters. The van der Waals surface area contributed by atoms with E-state index in [1.165, 1.54) is 37.7 Å². The van der Waals surface area contributed by atoms with Crippen molar-refractivity contribution in [2.45, 2.75) is 72.4 Å². The van der Waals surface area contributed by atoms with Gasteiger partial charge >= 0.3 is 0 Å². The molecule has 0 heterocycles. The van der Waals surface area contributed by atoms with Gasteiger partial charge in [0.25, 0.3) is 0 Å². The van der Waals surface area contributed by atoms with Crippen molar-refractivity contribution in [2.24, 2.45) is 11.3 Å². The van der Waals surface area contributed by atoms with Crippen LogP contribution in [0.2, 0.25) is 0 Å². The molecule has 4 heteroatoms. The average molecular weight is 461 g/mol. The summed E-state index contributed by atoms with van der Waals surface area (Å²) >= 11 is 6.91. The minimum atomic E-state index is 0.284.